The van der Waals surface area contributed by atoms with Crippen molar-refractivity contribution >= 4 is 17.3 Å². The third-order valence-electron chi connectivity index (χ3n) is 5.16. The zero-order chi connectivity index (χ0) is 26.8. The first kappa shape index (κ1) is 25.7. The predicted molar refractivity (Wildman–Crippen MR) is 123 cm³/mol. The van der Waals surface area contributed by atoms with E-state index in [1.165, 1.54) is 19.2 Å². The summed E-state index contributed by atoms with van der Waals surface area (Å²) in [5.74, 6) is 0.271. The van der Waals surface area contributed by atoms with Gasteiger partial charge in [0.2, 0.25) is 0 Å². The Kier molecular flexibility index (Phi) is 6.88. The second kappa shape index (κ2) is 9.91. The van der Waals surface area contributed by atoms with Crippen LogP contribution in [-0.2, 0) is 18.8 Å². The molecule has 7 nitrogen and oxygen atoms in total. The molecule has 0 spiro atoms. The van der Waals surface area contributed by atoms with Crippen molar-refractivity contribution in [2.45, 2.75) is 18.8 Å². The van der Waals surface area contributed by atoms with Crippen molar-refractivity contribution in [3.05, 3.63) is 83.3 Å². The van der Waals surface area contributed by atoms with Gasteiger partial charge in [-0.3, -0.25) is 4.98 Å². The molecule has 0 radical (unpaired) electrons. The van der Waals surface area contributed by atoms with Crippen LogP contribution in [0.2, 0.25) is 0 Å². The van der Waals surface area contributed by atoms with Gasteiger partial charge < -0.3 is 15.8 Å². The van der Waals surface area contributed by atoms with Gasteiger partial charge in [-0.25, -0.2) is 15.0 Å². The highest BCUT2D eigenvalue weighted by molar-refractivity contribution is 5.68. The number of hydrogen-bond donors (Lipinski definition) is 2. The number of rotatable bonds is 6. The Balaban J connectivity index is 1.80. The highest BCUT2D eigenvalue weighted by Crippen LogP contribution is 2.33. The standard InChI is InChI=1S/C24H18F6N6O/c1-37-15-7-5-13(6-8-15)11-16-20(31)35-22(17-3-2-4-18(34-17)23(25,26)27)36-21(16)33-14-9-10-32-19(12-14)24(28,29)30/h2-10,12H,11H2,1H3,(H3,31,32,33,35,36). The number of alkyl halides is 6. The number of aromatic nitrogens is 4. The number of nitrogens with one attached hydrogen (secondary N) is 1. The summed E-state index contributed by atoms with van der Waals surface area (Å²) in [6.45, 7) is 0. The van der Waals surface area contributed by atoms with Crippen molar-refractivity contribution in [1.82, 2.24) is 19.9 Å². The van der Waals surface area contributed by atoms with Crippen LogP contribution in [0.5, 0.6) is 5.75 Å². The topological polar surface area (TPSA) is 98.8 Å². The Morgan fingerprint density at radius 1 is 0.865 bits per heavy atom. The van der Waals surface area contributed by atoms with E-state index in [2.05, 4.69) is 25.3 Å². The molecule has 192 valence electrons. The molecule has 3 aromatic heterocycles. The SMILES string of the molecule is COc1ccc(Cc2c(N)nc(-c3cccc(C(F)(F)F)n3)nc2Nc2ccnc(C(F)(F)F)c2)cc1. The van der Waals surface area contributed by atoms with Gasteiger partial charge in [-0.2, -0.15) is 26.3 Å². The molecule has 0 aliphatic heterocycles. The molecule has 3 heterocycles. The number of ether oxygens (including phenoxy) is 1. The van der Waals surface area contributed by atoms with Gasteiger partial charge in [-0.05, 0) is 42.0 Å². The van der Waals surface area contributed by atoms with Crippen molar-refractivity contribution in [3.8, 4) is 17.3 Å². The number of halogens is 6. The Morgan fingerprint density at radius 2 is 1.57 bits per heavy atom. The van der Waals surface area contributed by atoms with E-state index in [1.54, 1.807) is 24.3 Å². The summed E-state index contributed by atoms with van der Waals surface area (Å²) < 4.78 is 84.2. The molecule has 0 bridgehead atoms. The molecule has 0 aliphatic carbocycles. The Morgan fingerprint density at radius 3 is 2.22 bits per heavy atom. The summed E-state index contributed by atoms with van der Waals surface area (Å²) in [4.78, 5) is 15.3. The largest absolute Gasteiger partial charge is 0.497 e. The van der Waals surface area contributed by atoms with Gasteiger partial charge in [-0.1, -0.05) is 18.2 Å². The molecular formula is C24H18F6N6O. The molecule has 0 fully saturated rings. The van der Waals surface area contributed by atoms with Crippen LogP contribution in [0.4, 0.5) is 43.7 Å². The van der Waals surface area contributed by atoms with Gasteiger partial charge in [0.25, 0.3) is 0 Å². The van der Waals surface area contributed by atoms with Crippen molar-refractivity contribution in [2.75, 3.05) is 18.2 Å². The predicted octanol–water partition coefficient (Wildman–Crippen LogP) is 5.90. The number of nitrogens with zero attached hydrogens (tertiary/aromatic N) is 4. The van der Waals surface area contributed by atoms with Gasteiger partial charge in [-0.15, -0.1) is 0 Å². The highest BCUT2D eigenvalue weighted by atomic mass is 19.4. The maximum Gasteiger partial charge on any atom is 0.433 e. The molecule has 0 unspecified atom stereocenters. The zero-order valence-electron chi connectivity index (χ0n) is 19.0. The van der Waals surface area contributed by atoms with Crippen LogP contribution in [0.3, 0.4) is 0 Å². The van der Waals surface area contributed by atoms with Crippen LogP contribution in [0.25, 0.3) is 11.5 Å². The third-order valence-corrected chi connectivity index (χ3v) is 5.16. The molecular weight excluding hydrogens is 502 g/mol. The van der Waals surface area contributed by atoms with Crippen LogP contribution < -0.4 is 15.8 Å². The van der Waals surface area contributed by atoms with Crippen LogP contribution >= 0.6 is 0 Å². The minimum atomic E-state index is -4.71. The van der Waals surface area contributed by atoms with Gasteiger partial charge in [0.1, 0.15) is 34.5 Å². The van der Waals surface area contributed by atoms with Crippen LogP contribution in [0.15, 0.2) is 60.8 Å². The Labute approximate surface area is 206 Å². The highest BCUT2D eigenvalue weighted by Gasteiger charge is 2.33. The van der Waals surface area contributed by atoms with E-state index < -0.39 is 23.7 Å². The summed E-state index contributed by atoms with van der Waals surface area (Å²) in [6.07, 6.45) is -8.27. The van der Waals surface area contributed by atoms with Crippen molar-refractivity contribution < 1.29 is 31.1 Å². The molecule has 0 aliphatic rings. The van der Waals surface area contributed by atoms with Crippen molar-refractivity contribution in [2.24, 2.45) is 0 Å². The van der Waals surface area contributed by atoms with E-state index in [0.29, 0.717) is 11.3 Å². The van der Waals surface area contributed by atoms with Gasteiger partial charge >= 0.3 is 12.4 Å². The average Bonchev–Trinajstić information content (AvgIpc) is 2.85. The normalized spacial score (nSPS) is 11.9. The first-order valence-corrected chi connectivity index (χ1v) is 10.6. The number of anilines is 3. The van der Waals surface area contributed by atoms with Gasteiger partial charge in [0, 0.05) is 23.9 Å². The molecule has 4 aromatic rings. The van der Waals surface area contributed by atoms with E-state index >= 15 is 0 Å². The van der Waals surface area contributed by atoms with Gasteiger partial charge in [0.15, 0.2) is 5.82 Å². The number of pyridine rings is 2. The lowest BCUT2D eigenvalue weighted by molar-refractivity contribution is -0.141. The minimum absolute atomic E-state index is 0.00291. The lowest BCUT2D eigenvalue weighted by Crippen LogP contribution is -2.12. The summed E-state index contributed by atoms with van der Waals surface area (Å²) in [5, 5.41) is 2.78. The van der Waals surface area contributed by atoms with Crippen molar-refractivity contribution in [3.63, 3.8) is 0 Å². The Hall–Kier alpha value is -4.42. The maximum atomic E-state index is 13.2. The summed E-state index contributed by atoms with van der Waals surface area (Å²) >= 11 is 0. The molecule has 0 saturated carbocycles. The fraction of sp³-hybridized carbons (Fsp3) is 0.167. The summed E-state index contributed by atoms with van der Waals surface area (Å²) in [6, 6.07) is 12.2. The van der Waals surface area contributed by atoms with E-state index in [0.717, 1.165) is 30.0 Å². The molecule has 3 N–H and O–H groups in total. The first-order chi connectivity index (χ1) is 17.4. The average molecular weight is 520 g/mol. The molecule has 37 heavy (non-hydrogen) atoms. The number of methoxy groups -OCH3 is 1. The smallest absolute Gasteiger partial charge is 0.433 e. The van der Waals surface area contributed by atoms with E-state index in [-0.39, 0.29) is 35.3 Å². The number of nitrogens with two attached hydrogens (primary N) is 1. The van der Waals surface area contributed by atoms with Gasteiger partial charge in [0.05, 0.1) is 7.11 Å². The number of nitrogen functional groups attached to an aromatic ring is 1. The van der Waals surface area contributed by atoms with Crippen LogP contribution in [0.1, 0.15) is 22.5 Å². The molecule has 0 amide bonds. The second-order valence-corrected chi connectivity index (χ2v) is 7.74. The molecule has 13 heteroatoms. The maximum absolute atomic E-state index is 13.2. The summed E-state index contributed by atoms with van der Waals surface area (Å²) in [5.41, 5.74) is 4.71. The molecule has 1 aromatic carbocycles. The second-order valence-electron chi connectivity index (χ2n) is 7.74. The van der Waals surface area contributed by atoms with E-state index in [9.17, 15) is 26.3 Å². The fourth-order valence-corrected chi connectivity index (χ4v) is 3.36. The number of hydrogen-bond acceptors (Lipinski definition) is 7. The lowest BCUT2D eigenvalue weighted by Gasteiger charge is -2.16. The minimum Gasteiger partial charge on any atom is -0.497 e. The molecule has 4 rings (SSSR count). The molecule has 0 atom stereocenters. The lowest BCUT2D eigenvalue weighted by atomic mass is 10.1. The van der Waals surface area contributed by atoms with E-state index in [1.807, 2.05) is 0 Å². The van der Waals surface area contributed by atoms with Crippen LogP contribution in [-0.4, -0.2) is 27.0 Å². The monoisotopic (exact) mass is 520 g/mol. The van der Waals surface area contributed by atoms with Crippen molar-refractivity contribution in [1.29, 1.82) is 0 Å². The van der Waals surface area contributed by atoms with Crippen LogP contribution in [0, 0.1) is 0 Å². The first-order valence-electron chi connectivity index (χ1n) is 10.6. The fourth-order valence-electron chi connectivity index (χ4n) is 3.36. The zero-order valence-corrected chi connectivity index (χ0v) is 19.0. The molecule has 0 saturated heterocycles. The quantitative estimate of drug-likeness (QED) is 0.306. The Bertz CT molecular complexity index is 1410. The van der Waals surface area contributed by atoms with E-state index in [4.69, 9.17) is 10.5 Å². The summed E-state index contributed by atoms with van der Waals surface area (Å²) in [7, 11) is 1.51. The third kappa shape index (κ3) is 6.05. The number of benzene rings is 1.